The number of nitrogens with one attached hydrogen (secondary N) is 1. The Morgan fingerprint density at radius 2 is 1.95 bits per heavy atom. The largest absolute Gasteiger partial charge is 0.507 e. The molecule has 0 aliphatic rings. The van der Waals surface area contributed by atoms with E-state index in [0.29, 0.717) is 16.3 Å². The first-order valence-electron chi connectivity index (χ1n) is 6.58. The summed E-state index contributed by atoms with van der Waals surface area (Å²) in [5, 5.41) is 14.1. The molecule has 0 saturated carbocycles. The van der Waals surface area contributed by atoms with Crippen molar-refractivity contribution >= 4 is 35.5 Å². The Kier molecular flexibility index (Phi) is 6.30. The Balaban J connectivity index is 1.75. The number of amides is 1. The second-order valence-electron chi connectivity index (χ2n) is 4.44. The van der Waals surface area contributed by atoms with Crippen LogP contribution in [-0.2, 0) is 10.5 Å². The summed E-state index contributed by atoms with van der Waals surface area (Å²) in [6.45, 7) is 0. The van der Waals surface area contributed by atoms with Crippen molar-refractivity contribution in [3.63, 3.8) is 0 Å². The number of halogens is 1. The number of rotatable bonds is 6. The fourth-order valence-electron chi connectivity index (χ4n) is 1.67. The smallest absolute Gasteiger partial charge is 0.250 e. The normalized spacial score (nSPS) is 10.8. The second-order valence-corrected chi connectivity index (χ2v) is 5.83. The summed E-state index contributed by atoms with van der Waals surface area (Å²) >= 11 is 7.50. The molecule has 4 nitrogen and oxygen atoms in total. The molecule has 0 spiro atoms. The third kappa shape index (κ3) is 5.09. The maximum absolute atomic E-state index is 11.7. The van der Waals surface area contributed by atoms with E-state index in [1.54, 1.807) is 24.3 Å². The molecule has 0 radical (unpaired) electrons. The van der Waals surface area contributed by atoms with Gasteiger partial charge in [-0.25, -0.2) is 5.43 Å². The highest BCUT2D eigenvalue weighted by atomic mass is 35.5. The van der Waals surface area contributed by atoms with E-state index in [1.165, 1.54) is 18.0 Å². The molecular formula is C16H15ClN2O2S. The zero-order chi connectivity index (χ0) is 15.8. The Labute approximate surface area is 138 Å². The van der Waals surface area contributed by atoms with E-state index in [0.717, 1.165) is 5.56 Å². The van der Waals surface area contributed by atoms with E-state index in [-0.39, 0.29) is 17.4 Å². The van der Waals surface area contributed by atoms with E-state index in [9.17, 15) is 9.90 Å². The van der Waals surface area contributed by atoms with Gasteiger partial charge in [-0.05, 0) is 23.8 Å². The van der Waals surface area contributed by atoms with Gasteiger partial charge in [0.2, 0.25) is 5.91 Å². The standard InChI is InChI=1S/C16H15ClN2O2S/c17-14-7-3-1-6-13(14)10-22-11-16(21)19-18-9-12-5-2-4-8-15(12)20/h1-9,20H,10-11H2,(H,19,21)/b18-9-. The summed E-state index contributed by atoms with van der Waals surface area (Å²) < 4.78 is 0. The lowest BCUT2D eigenvalue weighted by molar-refractivity contribution is -0.118. The highest BCUT2D eigenvalue weighted by Crippen LogP contribution is 2.20. The van der Waals surface area contributed by atoms with Crippen LogP contribution in [0, 0.1) is 0 Å². The molecule has 2 rings (SSSR count). The number of hydrazone groups is 1. The maximum atomic E-state index is 11.7. The number of thioether (sulfide) groups is 1. The number of para-hydroxylation sites is 1. The lowest BCUT2D eigenvalue weighted by Crippen LogP contribution is -2.19. The number of hydrogen-bond donors (Lipinski definition) is 2. The van der Waals surface area contributed by atoms with Crippen molar-refractivity contribution in [3.8, 4) is 5.75 Å². The number of benzene rings is 2. The molecule has 6 heteroatoms. The summed E-state index contributed by atoms with van der Waals surface area (Å²) in [4.78, 5) is 11.7. The van der Waals surface area contributed by atoms with Gasteiger partial charge in [-0.15, -0.1) is 11.8 Å². The van der Waals surface area contributed by atoms with Crippen LogP contribution in [-0.4, -0.2) is 23.0 Å². The van der Waals surface area contributed by atoms with Gasteiger partial charge < -0.3 is 5.11 Å². The number of phenols is 1. The van der Waals surface area contributed by atoms with Gasteiger partial charge in [0, 0.05) is 16.3 Å². The van der Waals surface area contributed by atoms with Gasteiger partial charge in [-0.3, -0.25) is 4.79 Å². The minimum Gasteiger partial charge on any atom is -0.507 e. The molecule has 0 fully saturated rings. The molecule has 2 aromatic rings. The van der Waals surface area contributed by atoms with Gasteiger partial charge in [-0.1, -0.05) is 41.9 Å². The highest BCUT2D eigenvalue weighted by Gasteiger charge is 2.03. The number of hydrogen-bond acceptors (Lipinski definition) is 4. The molecule has 2 N–H and O–H groups in total. The van der Waals surface area contributed by atoms with Crippen molar-refractivity contribution < 1.29 is 9.90 Å². The fourth-order valence-corrected chi connectivity index (χ4v) is 2.78. The van der Waals surface area contributed by atoms with Crippen LogP contribution in [0.3, 0.4) is 0 Å². The minimum atomic E-state index is -0.205. The predicted octanol–water partition coefficient (Wildman–Crippen LogP) is 3.43. The third-order valence-electron chi connectivity index (χ3n) is 2.78. The van der Waals surface area contributed by atoms with E-state index in [4.69, 9.17) is 11.6 Å². The quantitative estimate of drug-likeness (QED) is 0.628. The van der Waals surface area contributed by atoms with Crippen LogP contribution in [0.4, 0.5) is 0 Å². The van der Waals surface area contributed by atoms with Crippen molar-refractivity contribution in [2.24, 2.45) is 5.10 Å². The molecular weight excluding hydrogens is 320 g/mol. The van der Waals surface area contributed by atoms with Gasteiger partial charge in [0.25, 0.3) is 0 Å². The second kappa shape index (κ2) is 8.46. The fraction of sp³-hybridized carbons (Fsp3) is 0.125. The lowest BCUT2D eigenvalue weighted by Gasteiger charge is -2.03. The van der Waals surface area contributed by atoms with Crippen LogP contribution in [0.25, 0.3) is 0 Å². The Bertz CT molecular complexity index is 677. The number of carbonyl (C=O) groups excluding carboxylic acids is 1. The van der Waals surface area contributed by atoms with Gasteiger partial charge in [0.15, 0.2) is 0 Å². The first-order valence-corrected chi connectivity index (χ1v) is 8.11. The van der Waals surface area contributed by atoms with Crippen LogP contribution in [0.2, 0.25) is 5.02 Å². The van der Waals surface area contributed by atoms with Crippen LogP contribution in [0.5, 0.6) is 5.75 Å². The number of aromatic hydroxyl groups is 1. The van der Waals surface area contributed by atoms with Gasteiger partial charge >= 0.3 is 0 Å². The summed E-state index contributed by atoms with van der Waals surface area (Å²) in [7, 11) is 0. The summed E-state index contributed by atoms with van der Waals surface area (Å²) in [5.41, 5.74) is 3.97. The summed E-state index contributed by atoms with van der Waals surface area (Å²) in [6, 6.07) is 14.3. The van der Waals surface area contributed by atoms with Crippen LogP contribution in [0.15, 0.2) is 53.6 Å². The predicted molar refractivity (Wildman–Crippen MR) is 91.5 cm³/mol. The molecule has 0 unspecified atom stereocenters. The average molecular weight is 335 g/mol. The van der Waals surface area contributed by atoms with Crippen molar-refractivity contribution in [1.82, 2.24) is 5.43 Å². The number of phenolic OH excluding ortho intramolecular Hbond substituents is 1. The van der Waals surface area contributed by atoms with Crippen LogP contribution >= 0.6 is 23.4 Å². The molecule has 1 amide bonds. The summed E-state index contributed by atoms with van der Waals surface area (Å²) in [6.07, 6.45) is 1.41. The third-order valence-corrected chi connectivity index (χ3v) is 4.13. The zero-order valence-corrected chi connectivity index (χ0v) is 13.3. The van der Waals surface area contributed by atoms with Crippen molar-refractivity contribution in [3.05, 3.63) is 64.7 Å². The molecule has 0 aromatic heterocycles. The molecule has 0 atom stereocenters. The molecule has 0 heterocycles. The molecule has 0 bridgehead atoms. The zero-order valence-electron chi connectivity index (χ0n) is 11.7. The van der Waals surface area contributed by atoms with E-state index < -0.39 is 0 Å². The maximum Gasteiger partial charge on any atom is 0.250 e. The Morgan fingerprint density at radius 3 is 2.73 bits per heavy atom. The van der Waals surface area contributed by atoms with Crippen molar-refractivity contribution in [2.75, 3.05) is 5.75 Å². The van der Waals surface area contributed by atoms with Crippen molar-refractivity contribution in [1.29, 1.82) is 0 Å². The molecule has 0 saturated heterocycles. The molecule has 0 aliphatic carbocycles. The van der Waals surface area contributed by atoms with Gasteiger partial charge in [0.1, 0.15) is 5.75 Å². The first-order chi connectivity index (χ1) is 10.7. The van der Waals surface area contributed by atoms with Gasteiger partial charge in [-0.2, -0.15) is 5.10 Å². The first kappa shape index (κ1) is 16.4. The van der Waals surface area contributed by atoms with Gasteiger partial charge in [0.05, 0.1) is 12.0 Å². The average Bonchev–Trinajstić information content (AvgIpc) is 2.51. The Morgan fingerprint density at radius 1 is 1.23 bits per heavy atom. The van der Waals surface area contributed by atoms with Crippen LogP contribution in [0.1, 0.15) is 11.1 Å². The SMILES string of the molecule is O=C(CSCc1ccccc1Cl)N/N=C\c1ccccc1O. The van der Waals surface area contributed by atoms with Crippen LogP contribution < -0.4 is 5.43 Å². The highest BCUT2D eigenvalue weighted by molar-refractivity contribution is 7.99. The Hall–Kier alpha value is -1.98. The lowest BCUT2D eigenvalue weighted by atomic mass is 10.2. The molecule has 114 valence electrons. The van der Waals surface area contributed by atoms with E-state index in [1.807, 2.05) is 24.3 Å². The number of nitrogens with zero attached hydrogens (tertiary/aromatic N) is 1. The summed E-state index contributed by atoms with van der Waals surface area (Å²) in [5.74, 6) is 0.858. The molecule has 2 aromatic carbocycles. The van der Waals surface area contributed by atoms with E-state index in [2.05, 4.69) is 10.5 Å². The molecule has 0 aliphatic heterocycles. The number of carbonyl (C=O) groups is 1. The minimum absolute atomic E-state index is 0.119. The van der Waals surface area contributed by atoms with Crippen molar-refractivity contribution in [2.45, 2.75) is 5.75 Å². The van der Waals surface area contributed by atoms with E-state index >= 15 is 0 Å². The monoisotopic (exact) mass is 334 g/mol. The molecule has 22 heavy (non-hydrogen) atoms. The topological polar surface area (TPSA) is 61.7 Å².